The molecule has 0 unspecified atom stereocenters. The van der Waals surface area contributed by atoms with Gasteiger partial charge in [-0.2, -0.15) is 0 Å². The van der Waals surface area contributed by atoms with Crippen LogP contribution in [0.25, 0.3) is 0 Å². The van der Waals surface area contributed by atoms with Crippen molar-refractivity contribution >= 4 is 5.91 Å². The molecule has 0 saturated carbocycles. The lowest BCUT2D eigenvalue weighted by Gasteiger charge is -2.20. The molecule has 0 fully saturated rings. The quantitative estimate of drug-likeness (QED) is 0.586. The molecule has 1 N–H and O–H groups in total. The first kappa shape index (κ1) is 13.1. The molecular weight excluding hydrogens is 180 g/mol. The van der Waals surface area contributed by atoms with E-state index in [4.69, 9.17) is 5.11 Å². The molecule has 1 amide bonds. The number of aliphatic hydroxyl groups excluding tert-OH is 1. The highest BCUT2D eigenvalue weighted by Gasteiger charge is 2.07. The molecule has 0 radical (unpaired) electrons. The zero-order valence-corrected chi connectivity index (χ0v) is 9.07. The van der Waals surface area contributed by atoms with Crippen LogP contribution < -0.4 is 0 Å². The van der Waals surface area contributed by atoms with Crippen LogP contribution in [0.4, 0.5) is 0 Å². The van der Waals surface area contributed by atoms with E-state index in [1.807, 2.05) is 4.90 Å². The fraction of sp³-hybridized carbons (Fsp3) is 0.700. The summed E-state index contributed by atoms with van der Waals surface area (Å²) >= 11 is 0. The predicted octanol–water partition coefficient (Wildman–Crippen LogP) is -0.0550. The van der Waals surface area contributed by atoms with Crippen molar-refractivity contribution in [3.05, 3.63) is 12.7 Å². The molecule has 0 rings (SSSR count). The summed E-state index contributed by atoms with van der Waals surface area (Å²) in [7, 11) is 3.48. The largest absolute Gasteiger partial charge is 0.395 e. The molecule has 0 aromatic heterocycles. The first-order chi connectivity index (χ1) is 6.61. The molecular formula is C10H20N2O2. The summed E-state index contributed by atoms with van der Waals surface area (Å²) in [6.07, 6.45) is 2.26. The fourth-order valence-corrected chi connectivity index (χ4v) is 1.10. The number of carbonyl (C=O) groups excluding carboxylic acids is 1. The molecule has 0 aliphatic carbocycles. The fourth-order valence-electron chi connectivity index (χ4n) is 1.10. The Balaban J connectivity index is 3.80. The molecule has 82 valence electrons. The van der Waals surface area contributed by atoms with E-state index in [0.29, 0.717) is 26.1 Å². The number of rotatable bonds is 7. The second-order valence-electron chi connectivity index (χ2n) is 3.35. The monoisotopic (exact) mass is 200 g/mol. The zero-order chi connectivity index (χ0) is 11.0. The van der Waals surface area contributed by atoms with Gasteiger partial charge in [-0.25, -0.2) is 0 Å². The third-order valence-electron chi connectivity index (χ3n) is 1.94. The van der Waals surface area contributed by atoms with Gasteiger partial charge in [0.25, 0.3) is 0 Å². The lowest BCUT2D eigenvalue weighted by molar-refractivity contribution is -0.129. The predicted molar refractivity (Wildman–Crippen MR) is 57.0 cm³/mol. The van der Waals surface area contributed by atoms with E-state index < -0.39 is 0 Å². The van der Waals surface area contributed by atoms with E-state index in [2.05, 4.69) is 6.58 Å². The smallest absolute Gasteiger partial charge is 0.223 e. The van der Waals surface area contributed by atoms with Gasteiger partial charge in [-0.1, -0.05) is 6.08 Å². The van der Waals surface area contributed by atoms with Crippen molar-refractivity contribution in [3.63, 3.8) is 0 Å². The molecule has 0 aromatic rings. The van der Waals surface area contributed by atoms with E-state index in [1.54, 1.807) is 25.1 Å². The number of carbonyl (C=O) groups is 1. The molecule has 0 atom stereocenters. The van der Waals surface area contributed by atoms with Crippen molar-refractivity contribution in [1.29, 1.82) is 0 Å². The van der Waals surface area contributed by atoms with Crippen molar-refractivity contribution in [2.45, 2.75) is 6.42 Å². The molecule has 0 aliphatic heterocycles. The van der Waals surface area contributed by atoms with Gasteiger partial charge in [-0.3, -0.25) is 9.69 Å². The number of hydrogen-bond acceptors (Lipinski definition) is 3. The Morgan fingerprint density at radius 2 is 2.07 bits per heavy atom. The first-order valence-electron chi connectivity index (χ1n) is 4.76. The summed E-state index contributed by atoms with van der Waals surface area (Å²) in [6, 6.07) is 0. The van der Waals surface area contributed by atoms with Crippen LogP contribution in [-0.2, 0) is 4.79 Å². The molecule has 4 nitrogen and oxygen atoms in total. The second kappa shape index (κ2) is 7.53. The Morgan fingerprint density at radius 3 is 2.50 bits per heavy atom. The molecule has 0 aromatic carbocycles. The summed E-state index contributed by atoms with van der Waals surface area (Å²) in [5.74, 6) is 0.108. The van der Waals surface area contributed by atoms with Crippen molar-refractivity contribution < 1.29 is 9.90 Å². The summed E-state index contributed by atoms with van der Waals surface area (Å²) < 4.78 is 0. The van der Waals surface area contributed by atoms with Gasteiger partial charge < -0.3 is 10.0 Å². The van der Waals surface area contributed by atoms with Crippen molar-refractivity contribution in [3.8, 4) is 0 Å². The van der Waals surface area contributed by atoms with Crippen LogP contribution >= 0.6 is 0 Å². The summed E-state index contributed by atoms with van der Waals surface area (Å²) in [4.78, 5) is 14.8. The number of aliphatic hydroxyl groups is 1. The van der Waals surface area contributed by atoms with Gasteiger partial charge in [-0.05, 0) is 0 Å². The minimum Gasteiger partial charge on any atom is -0.395 e. The molecule has 0 spiro atoms. The number of hydrogen-bond donors (Lipinski definition) is 1. The van der Waals surface area contributed by atoms with E-state index >= 15 is 0 Å². The molecule has 0 bridgehead atoms. The maximum Gasteiger partial charge on any atom is 0.223 e. The van der Waals surface area contributed by atoms with Crippen molar-refractivity contribution in [2.24, 2.45) is 0 Å². The highest BCUT2D eigenvalue weighted by Crippen LogP contribution is 1.94. The number of amides is 1. The molecule has 0 saturated heterocycles. The Kier molecular flexibility index (Phi) is 7.06. The normalized spacial score (nSPS) is 10.3. The van der Waals surface area contributed by atoms with Gasteiger partial charge in [0.05, 0.1) is 6.61 Å². The molecule has 14 heavy (non-hydrogen) atoms. The van der Waals surface area contributed by atoms with E-state index in [9.17, 15) is 4.79 Å². The van der Waals surface area contributed by atoms with Gasteiger partial charge in [0.2, 0.25) is 5.91 Å². The van der Waals surface area contributed by atoms with Crippen molar-refractivity contribution in [2.75, 3.05) is 40.3 Å². The molecule has 4 heteroatoms. The Bertz CT molecular complexity index is 181. The third kappa shape index (κ3) is 5.72. The van der Waals surface area contributed by atoms with Gasteiger partial charge in [0, 0.05) is 40.2 Å². The average Bonchev–Trinajstić information content (AvgIpc) is 2.14. The van der Waals surface area contributed by atoms with Gasteiger partial charge in [0.1, 0.15) is 0 Å². The van der Waals surface area contributed by atoms with Crippen LogP contribution in [0.5, 0.6) is 0 Å². The van der Waals surface area contributed by atoms with Gasteiger partial charge >= 0.3 is 0 Å². The second-order valence-corrected chi connectivity index (χ2v) is 3.35. The standard InChI is InChI=1S/C10H20N2O2/c1-4-6-12(8-9-13)7-5-10(14)11(2)3/h4,13H,1,5-9H2,2-3H3. The minimum atomic E-state index is 0.108. The lowest BCUT2D eigenvalue weighted by atomic mass is 10.3. The Labute approximate surface area is 85.8 Å². The van der Waals surface area contributed by atoms with E-state index in [0.717, 1.165) is 0 Å². The summed E-state index contributed by atoms with van der Waals surface area (Å²) in [5.41, 5.74) is 0. The van der Waals surface area contributed by atoms with Crippen LogP contribution in [0, 0.1) is 0 Å². The Hall–Kier alpha value is -0.870. The van der Waals surface area contributed by atoms with Crippen LogP contribution in [0.15, 0.2) is 12.7 Å². The third-order valence-corrected chi connectivity index (χ3v) is 1.94. The Morgan fingerprint density at radius 1 is 1.43 bits per heavy atom. The maximum absolute atomic E-state index is 11.3. The highest BCUT2D eigenvalue weighted by atomic mass is 16.3. The van der Waals surface area contributed by atoms with Crippen LogP contribution in [-0.4, -0.2) is 61.2 Å². The topological polar surface area (TPSA) is 43.8 Å². The maximum atomic E-state index is 11.3. The highest BCUT2D eigenvalue weighted by molar-refractivity contribution is 5.75. The SMILES string of the molecule is C=CCN(CCO)CCC(=O)N(C)C. The van der Waals surface area contributed by atoms with Crippen LogP contribution in [0.1, 0.15) is 6.42 Å². The summed E-state index contributed by atoms with van der Waals surface area (Å²) in [6.45, 7) is 5.71. The van der Waals surface area contributed by atoms with Crippen molar-refractivity contribution in [1.82, 2.24) is 9.80 Å². The zero-order valence-electron chi connectivity index (χ0n) is 9.07. The van der Waals surface area contributed by atoms with Crippen LogP contribution in [0.2, 0.25) is 0 Å². The summed E-state index contributed by atoms with van der Waals surface area (Å²) in [5, 5.41) is 8.77. The minimum absolute atomic E-state index is 0.108. The number of nitrogens with zero attached hydrogens (tertiary/aromatic N) is 2. The lowest BCUT2D eigenvalue weighted by Crippen LogP contribution is -2.32. The van der Waals surface area contributed by atoms with Gasteiger partial charge in [0.15, 0.2) is 0 Å². The van der Waals surface area contributed by atoms with E-state index in [1.165, 1.54) is 0 Å². The average molecular weight is 200 g/mol. The van der Waals surface area contributed by atoms with E-state index in [-0.39, 0.29) is 12.5 Å². The first-order valence-corrected chi connectivity index (χ1v) is 4.76. The molecule has 0 heterocycles. The molecule has 0 aliphatic rings. The van der Waals surface area contributed by atoms with Crippen LogP contribution in [0.3, 0.4) is 0 Å². The van der Waals surface area contributed by atoms with Gasteiger partial charge in [-0.15, -0.1) is 6.58 Å².